The fraction of sp³-hybridized carbons (Fsp3) is 0.625. The van der Waals surface area contributed by atoms with Gasteiger partial charge in [-0.2, -0.15) is 0 Å². The predicted molar refractivity (Wildman–Crippen MR) is 79.5 cm³/mol. The van der Waals surface area contributed by atoms with E-state index in [1.165, 1.54) is 30.8 Å². The second kappa shape index (κ2) is 4.93. The smallest absolute Gasteiger partial charge is 0.0361 e. The van der Waals surface area contributed by atoms with E-state index >= 15 is 0 Å². The molecule has 1 saturated heterocycles. The maximum Gasteiger partial charge on any atom is 0.0361 e. The van der Waals surface area contributed by atoms with Crippen LogP contribution in [0.1, 0.15) is 38.7 Å². The minimum atomic E-state index is 0.304. The number of nitrogens with zero attached hydrogens (tertiary/aromatic N) is 2. The van der Waals surface area contributed by atoms with Gasteiger partial charge in [0.05, 0.1) is 0 Å². The van der Waals surface area contributed by atoms with Gasteiger partial charge in [0.1, 0.15) is 0 Å². The third kappa shape index (κ3) is 2.86. The van der Waals surface area contributed by atoms with E-state index in [-0.39, 0.29) is 0 Å². The second-order valence-electron chi connectivity index (χ2n) is 6.59. The average molecular weight is 246 g/mol. The van der Waals surface area contributed by atoms with Crippen LogP contribution in [-0.2, 0) is 0 Å². The van der Waals surface area contributed by atoms with E-state index in [1.807, 2.05) is 0 Å². The van der Waals surface area contributed by atoms with E-state index in [9.17, 15) is 0 Å². The number of anilines is 1. The Labute approximate surface area is 112 Å². The zero-order chi connectivity index (χ0) is 13.3. The van der Waals surface area contributed by atoms with Crippen LogP contribution in [0.5, 0.6) is 0 Å². The number of hydrogen-bond acceptors (Lipinski definition) is 2. The van der Waals surface area contributed by atoms with Gasteiger partial charge in [0.15, 0.2) is 0 Å². The third-order valence-electron chi connectivity index (χ3n) is 4.02. The van der Waals surface area contributed by atoms with Crippen LogP contribution in [0, 0.1) is 0 Å². The summed E-state index contributed by atoms with van der Waals surface area (Å²) in [6, 6.07) is 9.06. The van der Waals surface area contributed by atoms with Gasteiger partial charge in [-0.05, 0) is 57.4 Å². The summed E-state index contributed by atoms with van der Waals surface area (Å²) in [7, 11) is 4.18. The van der Waals surface area contributed by atoms with E-state index in [4.69, 9.17) is 0 Å². The van der Waals surface area contributed by atoms with Gasteiger partial charge in [0.2, 0.25) is 0 Å². The van der Waals surface area contributed by atoms with Crippen LogP contribution in [0.2, 0.25) is 0 Å². The summed E-state index contributed by atoms with van der Waals surface area (Å²) in [5.74, 6) is 0.709. The molecule has 1 heterocycles. The Kier molecular flexibility index (Phi) is 3.67. The van der Waals surface area contributed by atoms with Gasteiger partial charge in [-0.15, -0.1) is 0 Å². The van der Waals surface area contributed by atoms with Gasteiger partial charge in [-0.3, -0.25) is 4.90 Å². The highest BCUT2D eigenvalue weighted by molar-refractivity contribution is 5.46. The molecule has 2 heteroatoms. The fourth-order valence-electron chi connectivity index (χ4n) is 2.69. The molecule has 0 radical (unpaired) electrons. The fourth-order valence-corrected chi connectivity index (χ4v) is 2.69. The van der Waals surface area contributed by atoms with E-state index < -0.39 is 0 Å². The lowest BCUT2D eigenvalue weighted by Gasteiger charge is -2.31. The topological polar surface area (TPSA) is 6.48 Å². The molecule has 1 aliphatic rings. The molecule has 2 nitrogen and oxygen atoms in total. The molecule has 0 amide bonds. The summed E-state index contributed by atoms with van der Waals surface area (Å²) in [5.41, 5.74) is 3.08. The second-order valence-corrected chi connectivity index (χ2v) is 6.59. The van der Waals surface area contributed by atoms with Gasteiger partial charge in [0, 0.05) is 31.9 Å². The van der Waals surface area contributed by atoms with E-state index in [2.05, 4.69) is 68.9 Å². The van der Waals surface area contributed by atoms with Gasteiger partial charge in [-0.25, -0.2) is 0 Å². The number of hydrogen-bond donors (Lipinski definition) is 0. The Bertz CT molecular complexity index is 387. The lowest BCUT2D eigenvalue weighted by atomic mass is 9.98. The van der Waals surface area contributed by atoms with Crippen molar-refractivity contribution in [2.24, 2.45) is 0 Å². The first kappa shape index (κ1) is 13.4. The quantitative estimate of drug-likeness (QED) is 0.789. The van der Waals surface area contributed by atoms with Gasteiger partial charge < -0.3 is 4.90 Å². The van der Waals surface area contributed by atoms with Crippen molar-refractivity contribution in [3.63, 3.8) is 0 Å². The Morgan fingerprint density at radius 3 is 2.17 bits per heavy atom. The molecule has 1 atom stereocenters. The molecule has 1 aromatic rings. The molecule has 18 heavy (non-hydrogen) atoms. The maximum atomic E-state index is 2.59. The largest absolute Gasteiger partial charge is 0.378 e. The van der Waals surface area contributed by atoms with Crippen LogP contribution in [-0.4, -0.2) is 37.6 Å². The van der Waals surface area contributed by atoms with Crippen molar-refractivity contribution in [3.05, 3.63) is 29.8 Å². The minimum Gasteiger partial charge on any atom is -0.378 e. The molecule has 0 bridgehead atoms. The standard InChI is InChI=1S/C16H26N2/c1-16(2,3)18-11-10-14(12-18)13-6-8-15(9-7-13)17(4)5/h6-9,14H,10-12H2,1-5H3. The number of likely N-dealkylation sites (tertiary alicyclic amines) is 1. The minimum absolute atomic E-state index is 0.304. The first-order chi connectivity index (χ1) is 8.38. The summed E-state index contributed by atoms with van der Waals surface area (Å²) in [6.45, 7) is 9.36. The van der Waals surface area contributed by atoms with Crippen LogP contribution >= 0.6 is 0 Å². The molecular weight excluding hydrogens is 220 g/mol. The summed E-state index contributed by atoms with van der Waals surface area (Å²) in [4.78, 5) is 4.75. The van der Waals surface area contributed by atoms with E-state index in [0.717, 1.165) is 0 Å². The molecule has 1 unspecified atom stereocenters. The Morgan fingerprint density at radius 2 is 1.72 bits per heavy atom. The molecule has 1 aromatic carbocycles. The number of rotatable bonds is 2. The molecule has 1 fully saturated rings. The van der Waals surface area contributed by atoms with Crippen molar-refractivity contribution >= 4 is 5.69 Å². The molecule has 0 N–H and O–H groups in total. The van der Waals surface area contributed by atoms with Crippen LogP contribution in [0.4, 0.5) is 5.69 Å². The lowest BCUT2D eigenvalue weighted by molar-refractivity contribution is 0.173. The van der Waals surface area contributed by atoms with Gasteiger partial charge in [0.25, 0.3) is 0 Å². The Hall–Kier alpha value is -1.02. The molecule has 0 saturated carbocycles. The maximum absolute atomic E-state index is 2.59. The molecular formula is C16H26N2. The van der Waals surface area contributed by atoms with Crippen molar-refractivity contribution in [2.75, 3.05) is 32.1 Å². The van der Waals surface area contributed by atoms with Crippen molar-refractivity contribution in [3.8, 4) is 0 Å². The summed E-state index contributed by atoms with van der Waals surface area (Å²) in [5, 5.41) is 0. The highest BCUT2D eigenvalue weighted by Gasteiger charge is 2.30. The molecule has 100 valence electrons. The average Bonchev–Trinajstić information content (AvgIpc) is 2.78. The zero-order valence-corrected chi connectivity index (χ0v) is 12.4. The Balaban J connectivity index is 2.05. The third-order valence-corrected chi connectivity index (χ3v) is 4.02. The summed E-state index contributed by atoms with van der Waals surface area (Å²) < 4.78 is 0. The normalized spacial score (nSPS) is 21.3. The van der Waals surface area contributed by atoms with Crippen molar-refractivity contribution in [2.45, 2.75) is 38.6 Å². The zero-order valence-electron chi connectivity index (χ0n) is 12.4. The predicted octanol–water partition coefficient (Wildman–Crippen LogP) is 3.34. The highest BCUT2D eigenvalue weighted by Crippen LogP contribution is 2.32. The monoisotopic (exact) mass is 246 g/mol. The molecule has 0 spiro atoms. The van der Waals surface area contributed by atoms with Gasteiger partial charge in [-0.1, -0.05) is 12.1 Å². The van der Waals surface area contributed by atoms with Crippen LogP contribution < -0.4 is 4.90 Å². The van der Waals surface area contributed by atoms with E-state index in [0.29, 0.717) is 11.5 Å². The molecule has 0 aromatic heterocycles. The molecule has 2 rings (SSSR count). The van der Waals surface area contributed by atoms with Crippen LogP contribution in [0.3, 0.4) is 0 Å². The molecule has 1 aliphatic heterocycles. The Morgan fingerprint density at radius 1 is 1.11 bits per heavy atom. The molecule has 0 aliphatic carbocycles. The van der Waals surface area contributed by atoms with Crippen molar-refractivity contribution in [1.29, 1.82) is 0 Å². The summed E-state index contributed by atoms with van der Waals surface area (Å²) in [6.07, 6.45) is 1.29. The van der Waals surface area contributed by atoms with Crippen LogP contribution in [0.15, 0.2) is 24.3 Å². The SMILES string of the molecule is CN(C)c1ccc(C2CCN(C(C)(C)C)C2)cc1. The van der Waals surface area contributed by atoms with E-state index in [1.54, 1.807) is 0 Å². The first-order valence-corrected chi connectivity index (χ1v) is 6.90. The number of benzene rings is 1. The lowest BCUT2D eigenvalue weighted by Crippen LogP contribution is -2.39. The summed E-state index contributed by atoms with van der Waals surface area (Å²) >= 11 is 0. The highest BCUT2D eigenvalue weighted by atomic mass is 15.2. The van der Waals surface area contributed by atoms with Crippen LogP contribution in [0.25, 0.3) is 0 Å². The van der Waals surface area contributed by atoms with Gasteiger partial charge >= 0.3 is 0 Å². The van der Waals surface area contributed by atoms with Crippen molar-refractivity contribution < 1.29 is 0 Å². The first-order valence-electron chi connectivity index (χ1n) is 6.90. The van der Waals surface area contributed by atoms with Crippen molar-refractivity contribution in [1.82, 2.24) is 4.90 Å².